The van der Waals surface area contributed by atoms with Gasteiger partial charge >= 0.3 is 0 Å². The van der Waals surface area contributed by atoms with Crippen molar-refractivity contribution in [2.75, 3.05) is 12.4 Å². The molecule has 0 aliphatic rings. The molecule has 0 saturated carbocycles. The summed E-state index contributed by atoms with van der Waals surface area (Å²) in [6.45, 7) is 3.45. The molecule has 0 heterocycles. The lowest BCUT2D eigenvalue weighted by Gasteiger charge is -2.11. The van der Waals surface area contributed by atoms with E-state index in [9.17, 15) is 14.0 Å². The van der Waals surface area contributed by atoms with Crippen LogP contribution in [0.1, 0.15) is 31.8 Å². The van der Waals surface area contributed by atoms with Gasteiger partial charge < -0.3 is 10.6 Å². The topological polar surface area (TPSA) is 58.2 Å². The summed E-state index contributed by atoms with van der Waals surface area (Å²) in [5.41, 5.74) is 2.36. The number of hydrogen-bond donors (Lipinski definition) is 2. The van der Waals surface area contributed by atoms with Crippen LogP contribution in [0.4, 0.5) is 10.1 Å². The van der Waals surface area contributed by atoms with Gasteiger partial charge in [0.2, 0.25) is 0 Å². The summed E-state index contributed by atoms with van der Waals surface area (Å²) in [7, 11) is 1.55. The monoisotopic (exact) mass is 300 g/mol. The summed E-state index contributed by atoms with van der Waals surface area (Å²) in [5.74, 6) is -1.27. The van der Waals surface area contributed by atoms with Crippen LogP contribution in [0.3, 0.4) is 0 Å². The molecule has 2 N–H and O–H groups in total. The Balaban J connectivity index is 2.28. The van der Waals surface area contributed by atoms with Crippen molar-refractivity contribution in [1.82, 2.24) is 5.32 Å². The van der Waals surface area contributed by atoms with E-state index in [1.165, 1.54) is 6.07 Å². The van der Waals surface area contributed by atoms with Gasteiger partial charge in [-0.2, -0.15) is 0 Å². The van der Waals surface area contributed by atoms with Crippen LogP contribution in [-0.4, -0.2) is 18.9 Å². The standard InChI is InChI=1S/C17H17FN2O2/c1-10-5-4-6-13(18)15(10)17(22)20-14-8-7-12(9-11(14)2)16(21)19-3/h4-9H,1-3H3,(H,19,21)(H,20,22). The van der Waals surface area contributed by atoms with Crippen molar-refractivity contribution in [2.45, 2.75) is 13.8 Å². The highest BCUT2D eigenvalue weighted by Crippen LogP contribution is 2.20. The fourth-order valence-corrected chi connectivity index (χ4v) is 2.19. The molecule has 2 amide bonds. The lowest BCUT2D eigenvalue weighted by molar-refractivity contribution is 0.0962. The molecule has 0 saturated heterocycles. The zero-order valence-corrected chi connectivity index (χ0v) is 12.7. The fraction of sp³-hybridized carbons (Fsp3) is 0.176. The third-order valence-electron chi connectivity index (χ3n) is 3.41. The third kappa shape index (κ3) is 3.14. The molecule has 0 aliphatic heterocycles. The summed E-state index contributed by atoms with van der Waals surface area (Å²) in [4.78, 5) is 23.8. The van der Waals surface area contributed by atoms with Crippen LogP contribution in [0.5, 0.6) is 0 Å². The van der Waals surface area contributed by atoms with E-state index in [4.69, 9.17) is 0 Å². The molecule has 2 aromatic carbocycles. The van der Waals surface area contributed by atoms with Crippen molar-refractivity contribution < 1.29 is 14.0 Å². The maximum atomic E-state index is 13.8. The van der Waals surface area contributed by atoms with Crippen molar-refractivity contribution >= 4 is 17.5 Å². The first kappa shape index (κ1) is 15.7. The molecule has 5 heteroatoms. The molecule has 114 valence electrons. The second kappa shape index (κ2) is 6.39. The zero-order valence-electron chi connectivity index (χ0n) is 12.7. The minimum Gasteiger partial charge on any atom is -0.355 e. The number of hydrogen-bond acceptors (Lipinski definition) is 2. The number of carbonyl (C=O) groups excluding carboxylic acids is 2. The van der Waals surface area contributed by atoms with Crippen molar-refractivity contribution in [1.29, 1.82) is 0 Å². The first-order chi connectivity index (χ1) is 10.4. The summed E-state index contributed by atoms with van der Waals surface area (Å²) < 4.78 is 13.8. The Bertz CT molecular complexity index is 721. The second-order valence-corrected chi connectivity index (χ2v) is 4.99. The van der Waals surface area contributed by atoms with E-state index in [0.29, 0.717) is 16.8 Å². The lowest BCUT2D eigenvalue weighted by Crippen LogP contribution is -2.19. The minimum atomic E-state index is -0.558. The van der Waals surface area contributed by atoms with Gasteiger partial charge in [-0.1, -0.05) is 12.1 Å². The average molecular weight is 300 g/mol. The Morgan fingerprint density at radius 2 is 1.73 bits per heavy atom. The van der Waals surface area contributed by atoms with Gasteiger partial charge in [-0.15, -0.1) is 0 Å². The minimum absolute atomic E-state index is 0.0253. The van der Waals surface area contributed by atoms with E-state index in [2.05, 4.69) is 10.6 Å². The van der Waals surface area contributed by atoms with Crippen LogP contribution in [-0.2, 0) is 0 Å². The molecule has 0 radical (unpaired) electrons. The Kier molecular flexibility index (Phi) is 4.56. The van der Waals surface area contributed by atoms with Gasteiger partial charge in [0.25, 0.3) is 11.8 Å². The molecule has 2 rings (SSSR count). The number of aryl methyl sites for hydroxylation is 2. The van der Waals surface area contributed by atoms with Crippen molar-refractivity contribution in [3.8, 4) is 0 Å². The number of rotatable bonds is 3. The number of benzene rings is 2. The Labute approximate surface area is 128 Å². The normalized spacial score (nSPS) is 10.2. The highest BCUT2D eigenvalue weighted by molar-refractivity contribution is 6.06. The van der Waals surface area contributed by atoms with Crippen LogP contribution in [0, 0.1) is 19.7 Å². The number of amides is 2. The predicted octanol–water partition coefficient (Wildman–Crippen LogP) is 3.05. The van der Waals surface area contributed by atoms with Gasteiger partial charge in [0.05, 0.1) is 5.56 Å². The molecule has 0 atom stereocenters. The highest BCUT2D eigenvalue weighted by Gasteiger charge is 2.15. The van der Waals surface area contributed by atoms with E-state index in [0.717, 1.165) is 5.56 Å². The van der Waals surface area contributed by atoms with Crippen molar-refractivity contribution in [3.05, 3.63) is 64.5 Å². The first-order valence-electron chi connectivity index (χ1n) is 6.83. The molecular formula is C17H17FN2O2. The smallest absolute Gasteiger partial charge is 0.258 e. The third-order valence-corrected chi connectivity index (χ3v) is 3.41. The second-order valence-electron chi connectivity index (χ2n) is 4.99. The zero-order chi connectivity index (χ0) is 16.3. The van der Waals surface area contributed by atoms with E-state index >= 15 is 0 Å². The predicted molar refractivity (Wildman–Crippen MR) is 83.7 cm³/mol. The van der Waals surface area contributed by atoms with Crippen molar-refractivity contribution in [3.63, 3.8) is 0 Å². The number of carbonyl (C=O) groups is 2. The number of halogens is 1. The van der Waals surface area contributed by atoms with Gasteiger partial charge in [-0.25, -0.2) is 4.39 Å². The molecule has 22 heavy (non-hydrogen) atoms. The highest BCUT2D eigenvalue weighted by atomic mass is 19.1. The molecule has 0 aliphatic carbocycles. The first-order valence-corrected chi connectivity index (χ1v) is 6.83. The Morgan fingerprint density at radius 3 is 2.32 bits per heavy atom. The number of anilines is 1. The molecule has 0 spiro atoms. The quantitative estimate of drug-likeness (QED) is 0.915. The van der Waals surface area contributed by atoms with E-state index < -0.39 is 11.7 Å². The molecule has 0 aromatic heterocycles. The molecule has 2 aromatic rings. The van der Waals surface area contributed by atoms with E-state index in [-0.39, 0.29) is 11.5 Å². The van der Waals surface area contributed by atoms with Crippen LogP contribution in [0.25, 0.3) is 0 Å². The molecule has 4 nitrogen and oxygen atoms in total. The maximum absolute atomic E-state index is 13.8. The van der Waals surface area contributed by atoms with Gasteiger partial charge in [0, 0.05) is 18.3 Å². The number of nitrogens with one attached hydrogen (secondary N) is 2. The van der Waals surface area contributed by atoms with Gasteiger partial charge in [0.1, 0.15) is 5.82 Å². The molecule has 0 fully saturated rings. The van der Waals surface area contributed by atoms with Gasteiger partial charge in [-0.05, 0) is 49.2 Å². The fourth-order valence-electron chi connectivity index (χ4n) is 2.19. The van der Waals surface area contributed by atoms with Gasteiger partial charge in [-0.3, -0.25) is 9.59 Å². The lowest BCUT2D eigenvalue weighted by atomic mass is 10.1. The van der Waals surface area contributed by atoms with Crippen LogP contribution < -0.4 is 10.6 Å². The van der Waals surface area contributed by atoms with E-state index in [1.807, 2.05) is 0 Å². The van der Waals surface area contributed by atoms with Crippen LogP contribution in [0.2, 0.25) is 0 Å². The Hall–Kier alpha value is -2.69. The van der Waals surface area contributed by atoms with Crippen LogP contribution >= 0.6 is 0 Å². The molecule has 0 bridgehead atoms. The SMILES string of the molecule is CNC(=O)c1ccc(NC(=O)c2c(C)cccc2F)c(C)c1. The summed E-state index contributed by atoms with van der Waals surface area (Å²) >= 11 is 0. The van der Waals surface area contributed by atoms with Crippen molar-refractivity contribution in [2.24, 2.45) is 0 Å². The van der Waals surface area contributed by atoms with E-state index in [1.54, 1.807) is 51.2 Å². The molecule has 0 unspecified atom stereocenters. The average Bonchev–Trinajstić information content (AvgIpc) is 2.48. The summed E-state index contributed by atoms with van der Waals surface area (Å²) in [6, 6.07) is 9.40. The summed E-state index contributed by atoms with van der Waals surface area (Å²) in [6.07, 6.45) is 0. The summed E-state index contributed by atoms with van der Waals surface area (Å²) in [5, 5.41) is 5.22. The Morgan fingerprint density at radius 1 is 1.00 bits per heavy atom. The van der Waals surface area contributed by atoms with Crippen LogP contribution in [0.15, 0.2) is 36.4 Å². The molecular weight excluding hydrogens is 283 g/mol. The van der Waals surface area contributed by atoms with Gasteiger partial charge in [0.15, 0.2) is 0 Å². The maximum Gasteiger partial charge on any atom is 0.258 e. The largest absolute Gasteiger partial charge is 0.355 e.